The Morgan fingerprint density at radius 1 is 1.04 bits per heavy atom. The zero-order valence-electron chi connectivity index (χ0n) is 16.4. The lowest BCUT2D eigenvalue weighted by molar-refractivity contribution is -0.126. The van der Waals surface area contributed by atoms with E-state index in [-0.39, 0.29) is 17.9 Å². The molecule has 148 valence electrons. The molecule has 0 atom stereocenters. The van der Waals surface area contributed by atoms with Gasteiger partial charge in [0.1, 0.15) is 5.75 Å². The van der Waals surface area contributed by atoms with Crippen molar-refractivity contribution >= 4 is 17.6 Å². The molecule has 0 unspecified atom stereocenters. The van der Waals surface area contributed by atoms with Crippen molar-refractivity contribution < 1.29 is 14.3 Å². The maximum Gasteiger partial charge on any atom is 0.321 e. The molecular formula is C22H27N3O3. The number of hydrogen-bond donors (Lipinski definition) is 2. The highest BCUT2D eigenvalue weighted by Crippen LogP contribution is 2.19. The third-order valence-corrected chi connectivity index (χ3v) is 5.08. The number of aryl methyl sites for hydroxylation is 1. The Hall–Kier alpha value is -3.02. The molecule has 28 heavy (non-hydrogen) atoms. The van der Waals surface area contributed by atoms with Gasteiger partial charge in [-0.1, -0.05) is 29.8 Å². The van der Waals surface area contributed by atoms with Gasteiger partial charge in [-0.15, -0.1) is 0 Å². The second-order valence-electron chi connectivity index (χ2n) is 7.12. The Morgan fingerprint density at radius 2 is 1.68 bits per heavy atom. The third-order valence-electron chi connectivity index (χ3n) is 5.08. The second-order valence-corrected chi connectivity index (χ2v) is 7.12. The second kappa shape index (κ2) is 9.26. The first-order chi connectivity index (χ1) is 13.5. The van der Waals surface area contributed by atoms with Crippen LogP contribution in [0.15, 0.2) is 48.5 Å². The van der Waals surface area contributed by atoms with Crippen LogP contribution in [-0.4, -0.2) is 37.0 Å². The zero-order chi connectivity index (χ0) is 19.9. The summed E-state index contributed by atoms with van der Waals surface area (Å²) in [6.45, 7) is 3.67. The highest BCUT2D eigenvalue weighted by Gasteiger charge is 2.27. The normalized spacial score (nSPS) is 14.4. The van der Waals surface area contributed by atoms with Crippen LogP contribution in [0.5, 0.6) is 5.75 Å². The number of piperidine rings is 1. The summed E-state index contributed by atoms with van der Waals surface area (Å²) in [7, 11) is 1.63. The molecule has 2 aromatic rings. The van der Waals surface area contributed by atoms with Crippen LogP contribution in [0, 0.1) is 12.8 Å². The van der Waals surface area contributed by atoms with E-state index in [1.54, 1.807) is 12.0 Å². The standard InChI is InChI=1S/C22H27N3O3/c1-16-3-7-19(8-4-16)24-22(27)25-13-11-18(12-14-25)21(26)23-15-17-5-9-20(28-2)10-6-17/h3-10,18H,11-15H2,1-2H3,(H,23,26)(H,24,27). The number of nitrogens with zero attached hydrogens (tertiary/aromatic N) is 1. The molecule has 2 N–H and O–H groups in total. The molecule has 1 aliphatic heterocycles. The molecule has 1 aliphatic rings. The van der Waals surface area contributed by atoms with Crippen molar-refractivity contribution in [2.24, 2.45) is 5.92 Å². The van der Waals surface area contributed by atoms with Gasteiger partial charge >= 0.3 is 6.03 Å². The quantitative estimate of drug-likeness (QED) is 0.832. The van der Waals surface area contributed by atoms with Crippen molar-refractivity contribution in [1.82, 2.24) is 10.2 Å². The van der Waals surface area contributed by atoms with E-state index in [1.165, 1.54) is 0 Å². The summed E-state index contributed by atoms with van der Waals surface area (Å²) in [4.78, 5) is 26.6. The maximum atomic E-state index is 12.4. The first-order valence-electron chi connectivity index (χ1n) is 9.58. The van der Waals surface area contributed by atoms with Gasteiger partial charge in [0.05, 0.1) is 7.11 Å². The van der Waals surface area contributed by atoms with Crippen molar-refractivity contribution in [1.29, 1.82) is 0 Å². The maximum absolute atomic E-state index is 12.4. The minimum atomic E-state index is -0.110. The van der Waals surface area contributed by atoms with Gasteiger partial charge < -0.3 is 20.3 Å². The van der Waals surface area contributed by atoms with Crippen LogP contribution in [0.1, 0.15) is 24.0 Å². The van der Waals surface area contributed by atoms with E-state index in [2.05, 4.69) is 10.6 Å². The predicted octanol–water partition coefficient (Wildman–Crippen LogP) is 3.56. The average Bonchev–Trinajstić information content (AvgIpc) is 2.74. The number of likely N-dealkylation sites (tertiary alicyclic amines) is 1. The van der Waals surface area contributed by atoms with Gasteiger partial charge in [-0.25, -0.2) is 4.79 Å². The summed E-state index contributed by atoms with van der Waals surface area (Å²) < 4.78 is 5.14. The highest BCUT2D eigenvalue weighted by molar-refractivity contribution is 5.89. The van der Waals surface area contributed by atoms with Crippen LogP contribution in [0.2, 0.25) is 0 Å². The van der Waals surface area contributed by atoms with Crippen LogP contribution < -0.4 is 15.4 Å². The summed E-state index contributed by atoms with van der Waals surface area (Å²) >= 11 is 0. The monoisotopic (exact) mass is 381 g/mol. The number of rotatable bonds is 5. The minimum Gasteiger partial charge on any atom is -0.497 e. The van der Waals surface area contributed by atoms with Gasteiger partial charge in [0, 0.05) is 31.2 Å². The molecule has 0 bridgehead atoms. The van der Waals surface area contributed by atoms with Crippen LogP contribution in [0.25, 0.3) is 0 Å². The molecular weight excluding hydrogens is 354 g/mol. The van der Waals surface area contributed by atoms with Gasteiger partial charge in [-0.3, -0.25) is 4.79 Å². The number of carbonyl (C=O) groups is 2. The Labute approximate surface area is 165 Å². The lowest BCUT2D eigenvalue weighted by atomic mass is 9.96. The van der Waals surface area contributed by atoms with E-state index in [0.29, 0.717) is 32.5 Å². The highest BCUT2D eigenvalue weighted by atomic mass is 16.5. The van der Waals surface area contributed by atoms with E-state index in [9.17, 15) is 9.59 Å². The molecule has 0 aromatic heterocycles. The lowest BCUT2D eigenvalue weighted by Gasteiger charge is -2.31. The molecule has 0 spiro atoms. The first-order valence-corrected chi connectivity index (χ1v) is 9.58. The number of hydrogen-bond acceptors (Lipinski definition) is 3. The van der Waals surface area contributed by atoms with Gasteiger partial charge in [0.25, 0.3) is 0 Å². The van der Waals surface area contributed by atoms with Crippen molar-refractivity contribution in [3.05, 3.63) is 59.7 Å². The topological polar surface area (TPSA) is 70.7 Å². The van der Waals surface area contributed by atoms with Crippen molar-refractivity contribution in [3.63, 3.8) is 0 Å². The number of benzene rings is 2. The average molecular weight is 381 g/mol. The summed E-state index contributed by atoms with van der Waals surface area (Å²) in [6.07, 6.45) is 1.35. The number of methoxy groups -OCH3 is 1. The van der Waals surface area contributed by atoms with E-state index >= 15 is 0 Å². The molecule has 1 fully saturated rings. The molecule has 1 heterocycles. The minimum absolute atomic E-state index is 0.0504. The van der Waals surface area contributed by atoms with Gasteiger partial charge in [-0.2, -0.15) is 0 Å². The zero-order valence-corrected chi connectivity index (χ0v) is 16.4. The number of nitrogens with one attached hydrogen (secondary N) is 2. The van der Waals surface area contributed by atoms with Crippen molar-refractivity contribution in [3.8, 4) is 5.75 Å². The molecule has 3 amide bonds. The largest absolute Gasteiger partial charge is 0.497 e. The Kier molecular flexibility index (Phi) is 6.53. The molecule has 0 aliphatic carbocycles. The summed E-state index contributed by atoms with van der Waals surface area (Å²) in [5, 5.41) is 5.91. The smallest absolute Gasteiger partial charge is 0.321 e. The number of ether oxygens (including phenoxy) is 1. The fourth-order valence-corrected chi connectivity index (χ4v) is 3.26. The van der Waals surface area contributed by atoms with Gasteiger partial charge in [0.2, 0.25) is 5.91 Å². The molecule has 3 rings (SSSR count). The molecule has 0 radical (unpaired) electrons. The molecule has 0 saturated carbocycles. The van der Waals surface area contributed by atoms with Crippen LogP contribution in [0.3, 0.4) is 0 Å². The van der Waals surface area contributed by atoms with Crippen LogP contribution in [0.4, 0.5) is 10.5 Å². The van der Waals surface area contributed by atoms with Crippen molar-refractivity contribution in [2.75, 3.05) is 25.5 Å². The summed E-state index contributed by atoms with van der Waals surface area (Å²) in [5.41, 5.74) is 2.97. The Bertz CT molecular complexity index is 795. The summed E-state index contributed by atoms with van der Waals surface area (Å²) in [5.74, 6) is 0.794. The van der Waals surface area contributed by atoms with E-state index in [4.69, 9.17) is 4.74 Å². The number of carbonyl (C=O) groups excluding carboxylic acids is 2. The van der Waals surface area contributed by atoms with E-state index < -0.39 is 0 Å². The SMILES string of the molecule is COc1ccc(CNC(=O)C2CCN(C(=O)Nc3ccc(C)cc3)CC2)cc1. The number of amides is 3. The first kappa shape index (κ1) is 19.7. The molecule has 6 nitrogen and oxygen atoms in total. The molecule has 2 aromatic carbocycles. The fourth-order valence-electron chi connectivity index (χ4n) is 3.26. The Morgan fingerprint density at radius 3 is 2.29 bits per heavy atom. The Balaban J connectivity index is 1.42. The van der Waals surface area contributed by atoms with E-state index in [1.807, 2.05) is 55.5 Å². The molecule has 1 saturated heterocycles. The number of urea groups is 1. The summed E-state index contributed by atoms with van der Waals surface area (Å²) in [6, 6.07) is 15.3. The van der Waals surface area contributed by atoms with Crippen LogP contribution in [-0.2, 0) is 11.3 Å². The van der Waals surface area contributed by atoms with Gasteiger partial charge in [-0.05, 0) is 49.6 Å². The third kappa shape index (κ3) is 5.25. The van der Waals surface area contributed by atoms with Gasteiger partial charge in [0.15, 0.2) is 0 Å². The fraction of sp³-hybridized carbons (Fsp3) is 0.364. The van der Waals surface area contributed by atoms with E-state index in [0.717, 1.165) is 22.6 Å². The predicted molar refractivity (Wildman–Crippen MR) is 109 cm³/mol. The van der Waals surface area contributed by atoms with Crippen molar-refractivity contribution in [2.45, 2.75) is 26.3 Å². The van der Waals surface area contributed by atoms with Crippen LogP contribution >= 0.6 is 0 Å². The molecule has 6 heteroatoms. The number of anilines is 1. The lowest BCUT2D eigenvalue weighted by Crippen LogP contribution is -2.44.